The minimum absolute atomic E-state index is 0.249. The molecule has 2 aliphatic rings. The molecular formula is C16H22N3O2+. The molecule has 1 aromatic carbocycles. The van der Waals surface area contributed by atoms with Gasteiger partial charge in [-0.15, -0.1) is 0 Å². The monoisotopic (exact) mass is 288 g/mol. The molecule has 112 valence electrons. The highest BCUT2D eigenvalue weighted by Crippen LogP contribution is 2.35. The summed E-state index contributed by atoms with van der Waals surface area (Å²) in [5, 5.41) is 9.16. The molecule has 1 saturated carbocycles. The summed E-state index contributed by atoms with van der Waals surface area (Å²) in [5.41, 5.74) is 1.62. The lowest BCUT2D eigenvalue weighted by molar-refractivity contribution is 0.122. The van der Waals surface area contributed by atoms with Gasteiger partial charge in [0.15, 0.2) is 4.98 Å². The van der Waals surface area contributed by atoms with Gasteiger partial charge in [-0.2, -0.15) is 0 Å². The van der Waals surface area contributed by atoms with Gasteiger partial charge in [0.1, 0.15) is 0 Å². The van der Waals surface area contributed by atoms with E-state index in [4.69, 9.17) is 14.9 Å². The van der Waals surface area contributed by atoms with Crippen LogP contribution in [0.5, 0.6) is 5.75 Å². The Balaban J connectivity index is 1.77. The smallest absolute Gasteiger partial charge is 0.426 e. The third kappa shape index (κ3) is 3.45. The maximum absolute atomic E-state index is 9.16. The van der Waals surface area contributed by atoms with Crippen molar-refractivity contribution in [3.63, 3.8) is 0 Å². The molecule has 0 bridgehead atoms. The van der Waals surface area contributed by atoms with E-state index in [0.29, 0.717) is 11.4 Å². The van der Waals surface area contributed by atoms with E-state index in [1.54, 1.807) is 0 Å². The first kappa shape index (κ1) is 14.2. The van der Waals surface area contributed by atoms with E-state index < -0.39 is 0 Å². The molecule has 1 aromatic rings. The van der Waals surface area contributed by atoms with Crippen molar-refractivity contribution in [3.8, 4) is 5.75 Å². The van der Waals surface area contributed by atoms with Crippen molar-refractivity contribution < 1.29 is 9.47 Å². The average molecular weight is 288 g/mol. The molecule has 0 spiro atoms. The zero-order valence-electron chi connectivity index (χ0n) is 12.3. The fraction of sp³-hybridized carbons (Fsp3) is 0.625. The van der Waals surface area contributed by atoms with E-state index in [1.807, 2.05) is 18.2 Å². The van der Waals surface area contributed by atoms with Gasteiger partial charge in [0.05, 0.1) is 19.3 Å². The number of ether oxygens (including phenoxy) is 2. The fourth-order valence-electron chi connectivity index (χ4n) is 3.06. The van der Waals surface area contributed by atoms with E-state index in [2.05, 4.69) is 9.88 Å². The number of hydrogen-bond acceptors (Lipinski definition) is 4. The highest BCUT2D eigenvalue weighted by atomic mass is 16.5. The van der Waals surface area contributed by atoms with Crippen LogP contribution in [0.25, 0.3) is 4.98 Å². The lowest BCUT2D eigenvalue weighted by Gasteiger charge is -2.29. The molecule has 0 N–H and O–H groups in total. The highest BCUT2D eigenvalue weighted by molar-refractivity contribution is 5.65. The van der Waals surface area contributed by atoms with Gasteiger partial charge in [0, 0.05) is 30.9 Å². The molecule has 1 saturated heterocycles. The van der Waals surface area contributed by atoms with Crippen LogP contribution in [0.3, 0.4) is 0 Å². The number of nitrogens with zero attached hydrogens (tertiary/aromatic N) is 3. The second-order valence-electron chi connectivity index (χ2n) is 5.73. The maximum Gasteiger partial charge on any atom is 0.426 e. The minimum Gasteiger partial charge on any atom is -0.483 e. The van der Waals surface area contributed by atoms with Crippen LogP contribution in [0.2, 0.25) is 0 Å². The molecular weight excluding hydrogens is 266 g/mol. The molecule has 0 amide bonds. The van der Waals surface area contributed by atoms with Crippen molar-refractivity contribution in [3.05, 3.63) is 23.2 Å². The predicted octanol–water partition coefficient (Wildman–Crippen LogP) is 3.72. The van der Waals surface area contributed by atoms with Crippen molar-refractivity contribution in [1.29, 1.82) is 5.39 Å². The molecule has 1 heterocycles. The first-order chi connectivity index (χ1) is 10.4. The van der Waals surface area contributed by atoms with Crippen LogP contribution in [0.15, 0.2) is 18.2 Å². The van der Waals surface area contributed by atoms with Gasteiger partial charge < -0.3 is 14.4 Å². The normalized spacial score (nSPS) is 20.0. The summed E-state index contributed by atoms with van der Waals surface area (Å²) in [4.78, 5) is 5.63. The summed E-state index contributed by atoms with van der Waals surface area (Å²) in [6, 6.07) is 5.80. The van der Waals surface area contributed by atoms with E-state index in [0.717, 1.165) is 44.8 Å². The van der Waals surface area contributed by atoms with Gasteiger partial charge in [0.25, 0.3) is 0 Å². The Bertz CT molecular complexity index is 515. The Kier molecular flexibility index (Phi) is 4.56. The minimum atomic E-state index is 0.249. The summed E-state index contributed by atoms with van der Waals surface area (Å²) in [6.45, 7) is 3.28. The molecule has 1 aliphatic heterocycles. The van der Waals surface area contributed by atoms with Crippen molar-refractivity contribution in [2.24, 2.45) is 0 Å². The quantitative estimate of drug-likeness (QED) is 0.795. The summed E-state index contributed by atoms with van der Waals surface area (Å²) >= 11 is 0. The van der Waals surface area contributed by atoms with Crippen LogP contribution in [0, 0.1) is 5.39 Å². The average Bonchev–Trinajstić information content (AvgIpc) is 2.56. The van der Waals surface area contributed by atoms with Crippen LogP contribution < -0.4 is 9.64 Å². The first-order valence-electron chi connectivity index (χ1n) is 7.85. The van der Waals surface area contributed by atoms with E-state index >= 15 is 0 Å². The molecule has 0 atom stereocenters. The van der Waals surface area contributed by atoms with E-state index in [-0.39, 0.29) is 6.10 Å². The molecule has 0 aromatic heterocycles. The summed E-state index contributed by atoms with van der Waals surface area (Å²) in [6.07, 6.45) is 6.17. The van der Waals surface area contributed by atoms with E-state index in [9.17, 15) is 0 Å². The largest absolute Gasteiger partial charge is 0.483 e. The number of rotatable bonds is 3. The van der Waals surface area contributed by atoms with Crippen molar-refractivity contribution >= 4 is 11.4 Å². The van der Waals surface area contributed by atoms with Crippen molar-refractivity contribution in [2.45, 2.75) is 38.2 Å². The number of anilines is 1. The number of morpholine rings is 1. The summed E-state index contributed by atoms with van der Waals surface area (Å²) in [5.74, 6) is 0.688. The molecule has 21 heavy (non-hydrogen) atoms. The predicted molar refractivity (Wildman–Crippen MR) is 81.7 cm³/mol. The van der Waals surface area contributed by atoms with Gasteiger partial charge in [-0.25, -0.2) is 0 Å². The Hall–Kier alpha value is -1.80. The summed E-state index contributed by atoms with van der Waals surface area (Å²) < 4.78 is 11.5. The van der Waals surface area contributed by atoms with Crippen LogP contribution in [-0.2, 0) is 4.74 Å². The first-order valence-corrected chi connectivity index (χ1v) is 7.85. The van der Waals surface area contributed by atoms with E-state index in [1.165, 1.54) is 19.3 Å². The van der Waals surface area contributed by atoms with Crippen LogP contribution in [-0.4, -0.2) is 32.4 Å². The molecule has 0 unspecified atom stereocenters. The van der Waals surface area contributed by atoms with Crippen LogP contribution >= 0.6 is 0 Å². The Morgan fingerprint density at radius 1 is 1.14 bits per heavy atom. The molecule has 2 fully saturated rings. The zero-order chi connectivity index (χ0) is 14.5. The van der Waals surface area contributed by atoms with Gasteiger partial charge >= 0.3 is 5.69 Å². The third-order valence-corrected chi connectivity index (χ3v) is 4.27. The molecule has 5 nitrogen and oxygen atoms in total. The second kappa shape index (κ2) is 6.77. The van der Waals surface area contributed by atoms with Gasteiger partial charge in [-0.3, -0.25) is 0 Å². The standard InChI is InChI=1S/C16H22N3O2/c17-18-15-7-6-13(19-8-10-20-11-9-19)12-16(15)21-14-4-2-1-3-5-14/h6-7,12,14H,1-5,8-11H2/q+1. The number of diazo groups is 1. The lowest BCUT2D eigenvalue weighted by atomic mass is 9.98. The van der Waals surface area contributed by atoms with Crippen LogP contribution in [0.1, 0.15) is 32.1 Å². The Morgan fingerprint density at radius 3 is 2.62 bits per heavy atom. The van der Waals surface area contributed by atoms with Gasteiger partial charge in [-0.1, -0.05) is 6.42 Å². The third-order valence-electron chi connectivity index (χ3n) is 4.27. The topological polar surface area (TPSA) is 49.9 Å². The number of benzene rings is 1. The Labute approximate surface area is 125 Å². The highest BCUT2D eigenvalue weighted by Gasteiger charge is 2.23. The molecule has 0 radical (unpaired) electrons. The van der Waals surface area contributed by atoms with Gasteiger partial charge in [-0.05, 0) is 31.7 Å². The second-order valence-corrected chi connectivity index (χ2v) is 5.73. The Morgan fingerprint density at radius 2 is 1.90 bits per heavy atom. The molecule has 5 heteroatoms. The van der Waals surface area contributed by atoms with Crippen molar-refractivity contribution in [1.82, 2.24) is 0 Å². The van der Waals surface area contributed by atoms with Crippen LogP contribution in [0.4, 0.5) is 11.4 Å². The van der Waals surface area contributed by atoms with Crippen molar-refractivity contribution in [2.75, 3.05) is 31.2 Å². The number of hydrogen-bond donors (Lipinski definition) is 0. The maximum atomic E-state index is 9.16. The zero-order valence-corrected chi connectivity index (χ0v) is 12.3. The lowest BCUT2D eigenvalue weighted by Crippen LogP contribution is -2.36. The molecule has 3 rings (SSSR count). The fourth-order valence-corrected chi connectivity index (χ4v) is 3.06. The van der Waals surface area contributed by atoms with Gasteiger partial charge in [0.2, 0.25) is 11.1 Å². The summed E-state index contributed by atoms with van der Waals surface area (Å²) in [7, 11) is 0. The SMILES string of the molecule is N#[N+]c1ccc(N2CCOCC2)cc1OC1CCCCC1. The molecule has 1 aliphatic carbocycles.